The highest BCUT2D eigenvalue weighted by atomic mass is 32.2. The molecule has 0 radical (unpaired) electrons. The summed E-state index contributed by atoms with van der Waals surface area (Å²) in [6.45, 7) is 0.822. The Balaban J connectivity index is 1.31. The van der Waals surface area contributed by atoms with Gasteiger partial charge >= 0.3 is 0 Å². The molecule has 0 aliphatic carbocycles. The van der Waals surface area contributed by atoms with Gasteiger partial charge in [0, 0.05) is 37.6 Å². The smallest absolute Gasteiger partial charge is 0.208 e. The van der Waals surface area contributed by atoms with Crippen LogP contribution in [0.1, 0.15) is 11.8 Å². The molecule has 0 bridgehead atoms. The van der Waals surface area contributed by atoms with Gasteiger partial charge in [0.2, 0.25) is 5.16 Å². The minimum absolute atomic E-state index is 0.0566. The van der Waals surface area contributed by atoms with E-state index >= 15 is 0 Å². The molecule has 1 aliphatic heterocycles. The minimum atomic E-state index is -0.0566. The summed E-state index contributed by atoms with van der Waals surface area (Å²) in [5.74, 6) is 1.60. The summed E-state index contributed by atoms with van der Waals surface area (Å²) in [4.78, 5) is 6.65. The predicted molar refractivity (Wildman–Crippen MR) is 109 cm³/mol. The number of nitrogens with zero attached hydrogens (tertiary/aromatic N) is 3. The molecule has 1 saturated heterocycles. The van der Waals surface area contributed by atoms with Gasteiger partial charge in [-0.15, -0.1) is 5.10 Å². The van der Waals surface area contributed by atoms with Crippen molar-refractivity contribution in [2.45, 2.75) is 17.5 Å². The first-order valence-electron chi connectivity index (χ1n) is 8.96. The Morgan fingerprint density at radius 3 is 2.63 bits per heavy atom. The van der Waals surface area contributed by atoms with Crippen LogP contribution in [0.3, 0.4) is 0 Å². The Morgan fingerprint density at radius 2 is 1.89 bits per heavy atom. The van der Waals surface area contributed by atoms with Crippen molar-refractivity contribution in [1.29, 1.82) is 0 Å². The van der Waals surface area contributed by atoms with Gasteiger partial charge in [-0.3, -0.25) is 10.4 Å². The Labute approximate surface area is 163 Å². The molecule has 1 aromatic heterocycles. The molecule has 2 atom stereocenters. The van der Waals surface area contributed by atoms with Gasteiger partial charge in [0.05, 0.1) is 6.10 Å². The van der Waals surface area contributed by atoms with Crippen LogP contribution in [0, 0.1) is 0 Å². The maximum absolute atomic E-state index is 6.15. The zero-order chi connectivity index (χ0) is 18.6. The number of aromatic nitrogens is 3. The first-order valence-corrected chi connectivity index (χ1v) is 9.94. The average molecular weight is 382 g/mol. The number of hydrogen-bond donors (Lipinski definition) is 2. The van der Waals surface area contributed by atoms with Gasteiger partial charge in [-0.1, -0.05) is 54.2 Å². The first-order chi connectivity index (χ1) is 13.2. The molecule has 27 heavy (non-hydrogen) atoms. The average Bonchev–Trinajstić information content (AvgIpc) is 3.37. The quantitative estimate of drug-likeness (QED) is 0.639. The van der Waals surface area contributed by atoms with Crippen molar-refractivity contribution in [2.75, 3.05) is 31.3 Å². The highest BCUT2D eigenvalue weighted by Crippen LogP contribution is 2.27. The number of benzene rings is 2. The van der Waals surface area contributed by atoms with Crippen LogP contribution in [0.5, 0.6) is 0 Å². The summed E-state index contributed by atoms with van der Waals surface area (Å²) in [7, 11) is 4.08. The van der Waals surface area contributed by atoms with Crippen molar-refractivity contribution < 1.29 is 4.74 Å². The molecule has 2 aromatic carbocycles. The molecule has 2 heterocycles. The topological polar surface area (TPSA) is 66.1 Å². The van der Waals surface area contributed by atoms with E-state index in [2.05, 4.69) is 49.7 Å². The van der Waals surface area contributed by atoms with Crippen molar-refractivity contribution in [3.63, 3.8) is 0 Å². The highest BCUT2D eigenvalue weighted by Gasteiger charge is 2.26. The molecular formula is C20H23N5OS. The van der Waals surface area contributed by atoms with Gasteiger partial charge in [-0.2, -0.15) is 0 Å². The third-order valence-corrected chi connectivity index (χ3v) is 5.46. The maximum Gasteiger partial charge on any atom is 0.208 e. The normalized spacial score (nSPS) is 19.3. The van der Waals surface area contributed by atoms with Crippen LogP contribution in [-0.2, 0) is 4.74 Å². The lowest BCUT2D eigenvalue weighted by molar-refractivity contribution is 0.0534. The zero-order valence-corrected chi connectivity index (χ0v) is 16.2. The molecular weight excluding hydrogens is 358 g/mol. The minimum Gasteiger partial charge on any atom is -0.378 e. The highest BCUT2D eigenvalue weighted by molar-refractivity contribution is 7.99. The van der Waals surface area contributed by atoms with Crippen LogP contribution in [0.4, 0.5) is 5.69 Å². The Hall–Kier alpha value is -2.35. The van der Waals surface area contributed by atoms with E-state index in [0.29, 0.717) is 0 Å². The second-order valence-corrected chi connectivity index (χ2v) is 7.66. The molecule has 140 valence electrons. The van der Waals surface area contributed by atoms with Crippen LogP contribution >= 0.6 is 11.8 Å². The van der Waals surface area contributed by atoms with Crippen molar-refractivity contribution in [3.8, 4) is 11.4 Å². The van der Waals surface area contributed by atoms with Crippen LogP contribution in [-0.4, -0.2) is 47.7 Å². The fraction of sp³-hybridized carbons (Fsp3) is 0.300. The molecule has 0 amide bonds. The SMILES string of the molecule is CN(C)c1ccc([C@@H]2NC[C@@H](CSc3n[nH]c(-c4ccccc4)n3)O2)cc1. The van der Waals surface area contributed by atoms with E-state index in [-0.39, 0.29) is 12.3 Å². The van der Waals surface area contributed by atoms with Gasteiger partial charge < -0.3 is 9.64 Å². The lowest BCUT2D eigenvalue weighted by Gasteiger charge is -2.16. The second kappa shape index (κ2) is 8.12. The summed E-state index contributed by atoms with van der Waals surface area (Å²) in [5.41, 5.74) is 3.37. The van der Waals surface area contributed by atoms with Crippen molar-refractivity contribution in [2.24, 2.45) is 0 Å². The monoisotopic (exact) mass is 381 g/mol. The van der Waals surface area contributed by atoms with Crippen LogP contribution < -0.4 is 10.2 Å². The molecule has 1 fully saturated rings. The number of thioether (sulfide) groups is 1. The fourth-order valence-electron chi connectivity index (χ4n) is 2.97. The van der Waals surface area contributed by atoms with E-state index in [0.717, 1.165) is 34.4 Å². The fourth-order valence-corrected chi connectivity index (χ4v) is 3.77. The standard InChI is InChI=1S/C20H23N5OS/c1-25(2)16-10-8-15(9-11-16)19-21-12-17(26-19)13-27-20-22-18(23-24-20)14-6-4-3-5-7-14/h3-11,17,19,21H,12-13H2,1-2H3,(H,22,23,24)/t17-,19+/m0/s1. The van der Waals surface area contributed by atoms with E-state index in [1.54, 1.807) is 11.8 Å². The van der Waals surface area contributed by atoms with Crippen LogP contribution in [0.25, 0.3) is 11.4 Å². The third-order valence-electron chi connectivity index (χ3n) is 4.48. The van der Waals surface area contributed by atoms with Gasteiger partial charge in [0.1, 0.15) is 6.23 Å². The molecule has 0 unspecified atom stereocenters. The van der Waals surface area contributed by atoms with E-state index < -0.39 is 0 Å². The Morgan fingerprint density at radius 1 is 1.11 bits per heavy atom. The summed E-state index contributed by atoms with van der Waals surface area (Å²) < 4.78 is 6.15. The van der Waals surface area contributed by atoms with Crippen molar-refractivity contribution in [1.82, 2.24) is 20.5 Å². The number of ether oxygens (including phenoxy) is 1. The van der Waals surface area contributed by atoms with Gasteiger partial charge in [0.15, 0.2) is 5.82 Å². The third kappa shape index (κ3) is 4.32. The largest absolute Gasteiger partial charge is 0.378 e. The molecule has 2 N–H and O–H groups in total. The number of anilines is 1. The predicted octanol–water partition coefficient (Wildman–Crippen LogP) is 3.32. The van der Waals surface area contributed by atoms with Gasteiger partial charge in [-0.05, 0) is 17.7 Å². The number of aromatic amines is 1. The molecule has 7 heteroatoms. The van der Waals surface area contributed by atoms with Crippen LogP contribution in [0.2, 0.25) is 0 Å². The van der Waals surface area contributed by atoms with Gasteiger partial charge in [0.25, 0.3) is 0 Å². The number of H-pyrrole nitrogens is 1. The molecule has 4 rings (SSSR count). The summed E-state index contributed by atoms with van der Waals surface area (Å²) >= 11 is 1.61. The molecule has 1 aliphatic rings. The summed E-state index contributed by atoms with van der Waals surface area (Å²) in [6.07, 6.45) is 0.0750. The second-order valence-electron chi connectivity index (χ2n) is 6.68. The number of nitrogens with one attached hydrogen (secondary N) is 2. The summed E-state index contributed by atoms with van der Waals surface area (Å²) in [5, 5.41) is 11.5. The molecule has 6 nitrogen and oxygen atoms in total. The number of rotatable bonds is 6. The Kier molecular flexibility index (Phi) is 5.42. The van der Waals surface area contributed by atoms with E-state index in [1.807, 2.05) is 44.4 Å². The maximum atomic E-state index is 6.15. The first kappa shape index (κ1) is 18.0. The Bertz CT molecular complexity index is 866. The number of hydrogen-bond acceptors (Lipinski definition) is 6. The summed E-state index contributed by atoms with van der Waals surface area (Å²) in [6, 6.07) is 18.5. The van der Waals surface area contributed by atoms with Crippen molar-refractivity contribution >= 4 is 17.4 Å². The lowest BCUT2D eigenvalue weighted by Crippen LogP contribution is -2.17. The van der Waals surface area contributed by atoms with Crippen molar-refractivity contribution in [3.05, 3.63) is 60.2 Å². The zero-order valence-electron chi connectivity index (χ0n) is 15.4. The van der Waals surface area contributed by atoms with E-state index in [9.17, 15) is 0 Å². The van der Waals surface area contributed by atoms with Crippen LogP contribution in [0.15, 0.2) is 59.8 Å². The van der Waals surface area contributed by atoms with E-state index in [1.165, 1.54) is 5.69 Å². The lowest BCUT2D eigenvalue weighted by atomic mass is 10.2. The molecule has 0 spiro atoms. The van der Waals surface area contributed by atoms with Gasteiger partial charge in [-0.25, -0.2) is 4.98 Å². The van der Waals surface area contributed by atoms with E-state index in [4.69, 9.17) is 4.74 Å². The molecule has 3 aromatic rings. The molecule has 0 saturated carbocycles.